The molecule has 2 atom stereocenters. The van der Waals surface area contributed by atoms with Gasteiger partial charge in [0.25, 0.3) is 5.56 Å². The first-order valence-electron chi connectivity index (χ1n) is 8.85. The van der Waals surface area contributed by atoms with Gasteiger partial charge in [-0.3, -0.25) is 9.36 Å². The average Bonchev–Trinajstić information content (AvgIpc) is 2.68. The summed E-state index contributed by atoms with van der Waals surface area (Å²) in [5, 5.41) is 22.3. The predicted molar refractivity (Wildman–Crippen MR) is 102 cm³/mol. The van der Waals surface area contributed by atoms with E-state index in [9.17, 15) is 18.7 Å². The second-order valence-corrected chi connectivity index (χ2v) is 6.53. The topological polar surface area (TPSA) is 110 Å². The number of aryl methyl sites for hydroxylation is 1. The maximum absolute atomic E-state index is 13.8. The van der Waals surface area contributed by atoms with Crippen molar-refractivity contribution in [3.8, 4) is 11.5 Å². The van der Waals surface area contributed by atoms with E-state index in [0.29, 0.717) is 11.5 Å². The number of aliphatic hydroxyl groups is 2. The van der Waals surface area contributed by atoms with Gasteiger partial charge in [-0.05, 0) is 31.5 Å². The van der Waals surface area contributed by atoms with Gasteiger partial charge in [-0.25, -0.2) is 13.8 Å². The molecule has 0 saturated carbocycles. The Morgan fingerprint density at radius 1 is 1.28 bits per heavy atom. The Morgan fingerprint density at radius 3 is 2.69 bits per heavy atom. The van der Waals surface area contributed by atoms with Gasteiger partial charge >= 0.3 is 0 Å². The molecule has 29 heavy (non-hydrogen) atoms. The largest absolute Gasteiger partial charge is 0.448 e. The van der Waals surface area contributed by atoms with Crippen LogP contribution in [0.2, 0.25) is 0 Å². The normalized spacial score (nSPS) is 13.3. The van der Waals surface area contributed by atoms with Crippen molar-refractivity contribution in [1.29, 1.82) is 0 Å². The van der Waals surface area contributed by atoms with Gasteiger partial charge in [-0.1, -0.05) is 0 Å². The molecule has 8 nitrogen and oxygen atoms in total. The number of pyridine rings is 1. The number of nitrogens with one attached hydrogen (secondary N) is 1. The van der Waals surface area contributed by atoms with Gasteiger partial charge in [0.1, 0.15) is 11.5 Å². The minimum atomic E-state index is -0.934. The second-order valence-electron chi connectivity index (χ2n) is 6.53. The molecule has 2 unspecified atom stereocenters. The summed E-state index contributed by atoms with van der Waals surface area (Å²) < 4.78 is 33.4. The molecule has 1 aromatic carbocycles. The molecule has 0 saturated heterocycles. The summed E-state index contributed by atoms with van der Waals surface area (Å²) in [5.74, 6) is -1.98. The second kappa shape index (κ2) is 8.50. The molecule has 0 radical (unpaired) electrons. The van der Waals surface area contributed by atoms with Crippen LogP contribution >= 0.6 is 0 Å². The molecule has 154 valence electrons. The number of nitrogens with zero attached hydrogens (tertiary/aromatic N) is 3. The molecule has 10 heteroatoms. The van der Waals surface area contributed by atoms with E-state index in [1.807, 2.05) is 0 Å². The summed E-state index contributed by atoms with van der Waals surface area (Å²) in [6.07, 6.45) is 0.968. The standard InChI is InChI=1S/C19H20F2N4O4/c1-10(27)14(5-6-26)23-19-22-9-11-7-16(18(28)25(2)17(11)24-19)29-15-4-3-12(20)8-13(15)21/h3-4,7-10,14,26-27H,5-6H2,1-2H3,(H,22,23,24). The van der Waals surface area contributed by atoms with Crippen molar-refractivity contribution in [1.82, 2.24) is 14.5 Å². The van der Waals surface area contributed by atoms with Gasteiger partial charge in [-0.15, -0.1) is 0 Å². The van der Waals surface area contributed by atoms with Crippen LogP contribution in [0.25, 0.3) is 11.0 Å². The molecule has 3 rings (SSSR count). The molecule has 0 spiro atoms. The summed E-state index contributed by atoms with van der Waals surface area (Å²) in [5.41, 5.74) is -0.291. The number of hydrogen-bond donors (Lipinski definition) is 3. The van der Waals surface area contributed by atoms with Gasteiger partial charge in [0.05, 0.1) is 12.1 Å². The summed E-state index contributed by atoms with van der Waals surface area (Å²) >= 11 is 0. The van der Waals surface area contributed by atoms with Crippen molar-refractivity contribution in [3.05, 3.63) is 52.5 Å². The zero-order valence-corrected chi connectivity index (χ0v) is 15.8. The van der Waals surface area contributed by atoms with Crippen molar-refractivity contribution in [2.45, 2.75) is 25.5 Å². The molecular weight excluding hydrogens is 386 g/mol. The highest BCUT2D eigenvalue weighted by atomic mass is 19.1. The van der Waals surface area contributed by atoms with E-state index >= 15 is 0 Å². The highest BCUT2D eigenvalue weighted by Gasteiger charge is 2.17. The van der Waals surface area contributed by atoms with E-state index < -0.39 is 29.3 Å². The zero-order valence-electron chi connectivity index (χ0n) is 15.8. The third kappa shape index (κ3) is 4.49. The van der Waals surface area contributed by atoms with Gasteiger partial charge in [-0.2, -0.15) is 4.98 Å². The monoisotopic (exact) mass is 406 g/mol. The average molecular weight is 406 g/mol. The molecule has 0 aliphatic carbocycles. The molecule has 0 bridgehead atoms. The molecule has 2 heterocycles. The minimum absolute atomic E-state index is 0.130. The van der Waals surface area contributed by atoms with E-state index in [-0.39, 0.29) is 36.1 Å². The quantitative estimate of drug-likeness (QED) is 0.550. The van der Waals surface area contributed by atoms with Crippen LogP contribution in [-0.4, -0.2) is 43.5 Å². The van der Waals surface area contributed by atoms with Crippen molar-refractivity contribution in [2.75, 3.05) is 11.9 Å². The van der Waals surface area contributed by atoms with Crippen LogP contribution in [0, 0.1) is 11.6 Å². The first-order chi connectivity index (χ1) is 13.8. The lowest BCUT2D eigenvalue weighted by atomic mass is 10.1. The number of hydrogen-bond acceptors (Lipinski definition) is 7. The summed E-state index contributed by atoms with van der Waals surface area (Å²) in [6, 6.07) is 3.67. The SMILES string of the molecule is CC(O)C(CCO)Nc1ncc2cc(Oc3ccc(F)cc3F)c(=O)n(C)c2n1. The Kier molecular flexibility index (Phi) is 6.04. The number of ether oxygens (including phenoxy) is 1. The smallest absolute Gasteiger partial charge is 0.294 e. The van der Waals surface area contributed by atoms with Crippen LogP contribution in [0.3, 0.4) is 0 Å². The Bertz CT molecular complexity index is 1090. The van der Waals surface area contributed by atoms with Crippen LogP contribution in [0.5, 0.6) is 11.5 Å². The lowest BCUT2D eigenvalue weighted by Gasteiger charge is -2.20. The number of halogens is 2. The number of benzene rings is 1. The van der Waals surface area contributed by atoms with Crippen LogP contribution < -0.4 is 15.6 Å². The first-order valence-corrected chi connectivity index (χ1v) is 8.85. The van der Waals surface area contributed by atoms with E-state index in [1.165, 1.54) is 23.9 Å². The Balaban J connectivity index is 1.96. The van der Waals surface area contributed by atoms with Crippen LogP contribution in [0.15, 0.2) is 35.3 Å². The summed E-state index contributed by atoms with van der Waals surface area (Å²) in [6.45, 7) is 1.44. The Hall–Kier alpha value is -3.11. The predicted octanol–water partition coefficient (Wildman–Crippen LogP) is 1.94. The fourth-order valence-corrected chi connectivity index (χ4v) is 2.78. The van der Waals surface area contributed by atoms with Crippen LogP contribution in [0.4, 0.5) is 14.7 Å². The van der Waals surface area contributed by atoms with E-state index in [0.717, 1.165) is 12.1 Å². The molecule has 0 aliphatic rings. The van der Waals surface area contributed by atoms with Gasteiger partial charge < -0.3 is 20.3 Å². The van der Waals surface area contributed by atoms with Crippen molar-refractivity contribution >= 4 is 17.0 Å². The van der Waals surface area contributed by atoms with Gasteiger partial charge in [0.15, 0.2) is 17.3 Å². The summed E-state index contributed by atoms with van der Waals surface area (Å²) in [4.78, 5) is 21.0. The molecule has 2 aromatic heterocycles. The lowest BCUT2D eigenvalue weighted by molar-refractivity contribution is 0.152. The zero-order chi connectivity index (χ0) is 21.1. The number of rotatable bonds is 7. The Labute approximate surface area is 164 Å². The maximum Gasteiger partial charge on any atom is 0.294 e. The number of fused-ring (bicyclic) bond motifs is 1. The maximum atomic E-state index is 13.8. The molecule has 3 aromatic rings. The molecule has 0 amide bonds. The van der Waals surface area contributed by atoms with Gasteiger partial charge in [0.2, 0.25) is 5.95 Å². The van der Waals surface area contributed by atoms with Crippen LogP contribution in [-0.2, 0) is 7.05 Å². The third-order valence-electron chi connectivity index (χ3n) is 4.37. The number of anilines is 1. The first kappa shape index (κ1) is 20.6. The van der Waals surface area contributed by atoms with Crippen LogP contribution in [0.1, 0.15) is 13.3 Å². The molecule has 0 fully saturated rings. The molecule has 3 N–H and O–H groups in total. The number of aromatic nitrogens is 3. The number of aliphatic hydroxyl groups excluding tert-OH is 2. The van der Waals surface area contributed by atoms with Crippen molar-refractivity contribution in [3.63, 3.8) is 0 Å². The highest BCUT2D eigenvalue weighted by Crippen LogP contribution is 2.25. The summed E-state index contributed by atoms with van der Waals surface area (Å²) in [7, 11) is 1.47. The van der Waals surface area contributed by atoms with Gasteiger partial charge in [0, 0.05) is 31.3 Å². The van der Waals surface area contributed by atoms with E-state index in [4.69, 9.17) is 9.84 Å². The van der Waals surface area contributed by atoms with E-state index in [2.05, 4.69) is 15.3 Å². The fourth-order valence-electron chi connectivity index (χ4n) is 2.78. The minimum Gasteiger partial charge on any atom is -0.448 e. The van der Waals surface area contributed by atoms with E-state index in [1.54, 1.807) is 6.92 Å². The fraction of sp³-hybridized carbons (Fsp3) is 0.316. The molecular formula is C19H20F2N4O4. The Morgan fingerprint density at radius 2 is 2.03 bits per heavy atom. The third-order valence-corrected chi connectivity index (χ3v) is 4.37. The van der Waals surface area contributed by atoms with Crippen molar-refractivity contribution in [2.24, 2.45) is 7.05 Å². The molecule has 0 aliphatic heterocycles. The van der Waals surface area contributed by atoms with Crippen molar-refractivity contribution < 1.29 is 23.7 Å². The highest BCUT2D eigenvalue weighted by molar-refractivity contribution is 5.76. The lowest BCUT2D eigenvalue weighted by Crippen LogP contribution is -2.33.